The van der Waals surface area contributed by atoms with E-state index in [2.05, 4.69) is 14.7 Å². The van der Waals surface area contributed by atoms with Crippen LogP contribution in [0, 0.1) is 5.82 Å². The molecule has 0 unspecified atom stereocenters. The minimum Gasteiger partial charge on any atom is -0.350 e. The normalized spacial score (nSPS) is 18.8. The third kappa shape index (κ3) is 8.17. The van der Waals surface area contributed by atoms with E-state index in [9.17, 15) is 40.1 Å². The van der Waals surface area contributed by atoms with Crippen molar-refractivity contribution in [2.24, 2.45) is 0 Å². The molecule has 3 aromatic rings. The first-order valence-electron chi connectivity index (χ1n) is 11.9. The molecule has 3 N–H and O–H groups in total. The first-order chi connectivity index (χ1) is 19.5. The first kappa shape index (κ1) is 31.7. The van der Waals surface area contributed by atoms with Crippen molar-refractivity contribution < 1.29 is 59.2 Å². The van der Waals surface area contributed by atoms with Crippen LogP contribution in [-0.2, 0) is 39.4 Å². The van der Waals surface area contributed by atoms with Gasteiger partial charge in [-0.1, -0.05) is 17.0 Å². The second-order valence-electron chi connectivity index (χ2n) is 9.06. The van der Waals surface area contributed by atoms with Gasteiger partial charge in [0.25, 0.3) is 0 Å². The topological polar surface area (TPSA) is 139 Å². The van der Waals surface area contributed by atoms with Crippen LogP contribution in [0.2, 0.25) is 0 Å². The van der Waals surface area contributed by atoms with Crippen molar-refractivity contribution in [2.75, 3.05) is 19.8 Å². The van der Waals surface area contributed by atoms with Gasteiger partial charge in [0.05, 0.1) is 36.9 Å². The highest BCUT2D eigenvalue weighted by Crippen LogP contribution is 2.37. The highest BCUT2D eigenvalue weighted by atomic mass is 31.2. The number of aromatic nitrogens is 3. The molecule has 0 spiro atoms. The lowest BCUT2D eigenvalue weighted by atomic mass is 10.0. The maximum atomic E-state index is 13.6. The highest BCUT2D eigenvalue weighted by Gasteiger charge is 2.38. The number of H-pyrrole nitrogens is 1. The Morgan fingerprint density at radius 3 is 2.24 bits per heavy atom. The van der Waals surface area contributed by atoms with E-state index in [0.29, 0.717) is 17.7 Å². The number of hydrogen-bond donors (Lipinski definition) is 3. The molecule has 230 valence electrons. The van der Waals surface area contributed by atoms with Gasteiger partial charge in [0.15, 0.2) is 6.29 Å². The van der Waals surface area contributed by atoms with Gasteiger partial charge in [-0.15, -0.1) is 0 Å². The van der Waals surface area contributed by atoms with Gasteiger partial charge in [0, 0.05) is 6.54 Å². The van der Waals surface area contributed by atoms with Crippen molar-refractivity contribution >= 4 is 7.82 Å². The number of ether oxygens (including phenoxy) is 2. The van der Waals surface area contributed by atoms with E-state index in [-0.39, 0.29) is 55.0 Å². The summed E-state index contributed by atoms with van der Waals surface area (Å²) in [6.45, 7) is -0.330. The lowest BCUT2D eigenvalue weighted by Gasteiger charge is -2.40. The molecule has 1 fully saturated rings. The summed E-state index contributed by atoms with van der Waals surface area (Å²) in [4.78, 5) is 35.3. The van der Waals surface area contributed by atoms with Crippen molar-refractivity contribution in [2.45, 2.75) is 37.7 Å². The molecule has 11 nitrogen and oxygen atoms in total. The maximum Gasteiger partial charge on any atom is 0.545 e. The summed E-state index contributed by atoms with van der Waals surface area (Å²) in [5.74, 6) is -0.660. The third-order valence-corrected chi connectivity index (χ3v) is 6.40. The summed E-state index contributed by atoms with van der Waals surface area (Å²) in [7, 11) is -5.10. The number of nitrogens with zero attached hydrogens (tertiary/aromatic N) is 3. The molecule has 0 bridgehead atoms. The molecule has 42 heavy (non-hydrogen) atoms. The lowest BCUT2D eigenvalue weighted by molar-refractivity contribution is -0.212. The fourth-order valence-electron chi connectivity index (χ4n) is 4.27. The van der Waals surface area contributed by atoms with Gasteiger partial charge in [-0.2, -0.15) is 31.3 Å². The Labute approximate surface area is 231 Å². The molecule has 4 rings (SSSR count). The van der Waals surface area contributed by atoms with E-state index >= 15 is 0 Å². The standard InChI is InChI=1S/C23H22F7N4O7P/c24-17-3-1-14(2-4-17)19-20(39-7-5-13-9-15(22(25,26)27)11-16(10-13)23(28,29)30)40-8-6-33(19)12-18-31-21(35)34(32-18)41-42(36,37)38/h1-4,9-11,19-20H,5-8,12H2,(H,31,32,35)(H2,36,37,38)/t19-,20+/m0/s1. The SMILES string of the molecule is O=c1nc(CN2CCO[C@@H](OCCc3cc(C(F)(F)F)cc(C(F)(F)F)c3)[C@@H]2c2ccc(F)cc2)[nH]n1OP(=O)(O)O. The first-order valence-corrected chi connectivity index (χ1v) is 13.5. The van der Waals surface area contributed by atoms with Crippen LogP contribution in [0.4, 0.5) is 30.7 Å². The second kappa shape index (κ2) is 12.1. The molecule has 1 saturated heterocycles. The van der Waals surface area contributed by atoms with Gasteiger partial charge >= 0.3 is 25.9 Å². The molecular formula is C23H22F7N4O7P. The second-order valence-corrected chi connectivity index (χ2v) is 10.2. The Kier molecular flexibility index (Phi) is 9.15. The third-order valence-electron chi connectivity index (χ3n) is 6.02. The summed E-state index contributed by atoms with van der Waals surface area (Å²) in [6.07, 6.45) is -11.5. The predicted molar refractivity (Wildman–Crippen MR) is 127 cm³/mol. The van der Waals surface area contributed by atoms with Crippen LogP contribution in [0.5, 0.6) is 0 Å². The molecule has 2 atom stereocenters. The minimum atomic E-state index is -5.10. The number of rotatable bonds is 9. The van der Waals surface area contributed by atoms with Gasteiger partial charge in [-0.25, -0.2) is 18.8 Å². The molecule has 1 aromatic heterocycles. The van der Waals surface area contributed by atoms with Gasteiger partial charge in [-0.05, 0) is 47.9 Å². The zero-order chi connectivity index (χ0) is 30.9. The highest BCUT2D eigenvalue weighted by molar-refractivity contribution is 7.46. The Morgan fingerprint density at radius 2 is 1.67 bits per heavy atom. The molecule has 0 radical (unpaired) electrons. The number of halogens is 7. The van der Waals surface area contributed by atoms with E-state index < -0.39 is 55.1 Å². The van der Waals surface area contributed by atoms with Crippen molar-refractivity contribution in [3.63, 3.8) is 0 Å². The lowest BCUT2D eigenvalue weighted by Crippen LogP contribution is -2.46. The van der Waals surface area contributed by atoms with Gasteiger partial charge in [0.2, 0.25) is 0 Å². The Hall–Kier alpha value is -3.28. The summed E-state index contributed by atoms with van der Waals surface area (Å²) in [5, 5.41) is 2.29. The van der Waals surface area contributed by atoms with Crippen LogP contribution in [0.15, 0.2) is 47.3 Å². The quantitative estimate of drug-likeness (QED) is 0.240. The van der Waals surface area contributed by atoms with Crippen molar-refractivity contribution in [1.29, 1.82) is 0 Å². The van der Waals surface area contributed by atoms with E-state index in [1.807, 2.05) is 0 Å². The average molecular weight is 630 g/mol. The molecule has 2 heterocycles. The summed E-state index contributed by atoms with van der Waals surface area (Å²) in [6, 6.07) is 5.45. The fourth-order valence-corrected chi connectivity index (χ4v) is 4.59. The number of nitrogens with one attached hydrogen (secondary N) is 1. The minimum absolute atomic E-state index is 0.0215. The summed E-state index contributed by atoms with van der Waals surface area (Å²) in [5.41, 5.74) is -3.93. The van der Waals surface area contributed by atoms with Gasteiger partial charge < -0.3 is 9.47 Å². The van der Waals surface area contributed by atoms with Crippen LogP contribution < -0.4 is 10.3 Å². The van der Waals surface area contributed by atoms with E-state index in [1.54, 1.807) is 4.90 Å². The van der Waals surface area contributed by atoms with E-state index in [1.165, 1.54) is 12.1 Å². The maximum absolute atomic E-state index is 13.6. The van der Waals surface area contributed by atoms with Crippen LogP contribution in [-0.4, -0.2) is 55.7 Å². The van der Waals surface area contributed by atoms with Crippen molar-refractivity contribution in [3.05, 3.63) is 86.8 Å². The van der Waals surface area contributed by atoms with Crippen LogP contribution in [0.1, 0.15) is 34.1 Å². The predicted octanol–water partition coefficient (Wildman–Crippen LogP) is 3.43. The van der Waals surface area contributed by atoms with Crippen LogP contribution >= 0.6 is 7.82 Å². The number of aromatic amines is 1. The molecule has 0 amide bonds. The van der Waals surface area contributed by atoms with Gasteiger partial charge in [0.1, 0.15) is 11.6 Å². The number of phosphoric acid groups is 1. The van der Waals surface area contributed by atoms with Gasteiger partial charge in [-0.3, -0.25) is 19.3 Å². The molecule has 19 heteroatoms. The zero-order valence-electron chi connectivity index (χ0n) is 21.1. The molecule has 1 aliphatic rings. The number of benzene rings is 2. The Balaban J connectivity index is 1.55. The molecule has 1 aliphatic heterocycles. The molecular weight excluding hydrogens is 608 g/mol. The van der Waals surface area contributed by atoms with Crippen molar-refractivity contribution in [3.8, 4) is 0 Å². The van der Waals surface area contributed by atoms with Crippen LogP contribution in [0.3, 0.4) is 0 Å². The van der Waals surface area contributed by atoms with Crippen LogP contribution in [0.25, 0.3) is 0 Å². The monoisotopic (exact) mass is 630 g/mol. The van der Waals surface area contributed by atoms with E-state index in [0.717, 1.165) is 12.1 Å². The Bertz CT molecular complexity index is 1460. The molecule has 0 saturated carbocycles. The largest absolute Gasteiger partial charge is 0.545 e. The average Bonchev–Trinajstić information content (AvgIpc) is 3.20. The van der Waals surface area contributed by atoms with E-state index in [4.69, 9.17) is 19.3 Å². The van der Waals surface area contributed by atoms with Crippen molar-refractivity contribution in [1.82, 2.24) is 19.8 Å². The number of alkyl halides is 6. The zero-order valence-corrected chi connectivity index (χ0v) is 22.0. The Morgan fingerprint density at radius 1 is 1.05 bits per heavy atom. The number of morpholine rings is 1. The number of hydrogen-bond acceptors (Lipinski definition) is 7. The smallest absolute Gasteiger partial charge is 0.350 e. The fraction of sp³-hybridized carbons (Fsp3) is 0.391. The summed E-state index contributed by atoms with van der Waals surface area (Å²) < 4.78 is 120. The summed E-state index contributed by atoms with van der Waals surface area (Å²) >= 11 is 0. The molecule has 0 aliphatic carbocycles. The molecule has 2 aromatic carbocycles.